The summed E-state index contributed by atoms with van der Waals surface area (Å²) in [6.45, 7) is 0.996. The van der Waals surface area contributed by atoms with E-state index in [2.05, 4.69) is 5.32 Å². The number of anilines is 1. The van der Waals surface area contributed by atoms with Gasteiger partial charge in [-0.1, -0.05) is 6.07 Å². The van der Waals surface area contributed by atoms with Crippen molar-refractivity contribution in [3.05, 3.63) is 29.6 Å². The molecule has 13 heavy (non-hydrogen) atoms. The zero-order valence-electron chi connectivity index (χ0n) is 7.44. The van der Waals surface area contributed by atoms with Gasteiger partial charge in [0, 0.05) is 12.2 Å². The van der Waals surface area contributed by atoms with Crippen LogP contribution in [0.5, 0.6) is 0 Å². The van der Waals surface area contributed by atoms with Crippen LogP contribution in [-0.4, -0.2) is 6.54 Å². The van der Waals surface area contributed by atoms with Crippen molar-refractivity contribution in [2.75, 3.05) is 11.9 Å². The van der Waals surface area contributed by atoms with Crippen molar-refractivity contribution in [3.63, 3.8) is 0 Å². The fourth-order valence-electron chi connectivity index (χ4n) is 2.37. The van der Waals surface area contributed by atoms with Gasteiger partial charge in [-0.2, -0.15) is 0 Å². The Balaban J connectivity index is 2.15. The standard InChI is InChI=1S/C11H12FN/c12-8-1-2-9-10(7-8)13-6-5-11(9)3-4-11/h1-2,7,13H,3-6H2. The van der Waals surface area contributed by atoms with Gasteiger partial charge in [-0.15, -0.1) is 0 Å². The number of rotatable bonds is 0. The predicted molar refractivity (Wildman–Crippen MR) is 50.4 cm³/mol. The Morgan fingerprint density at radius 2 is 2.08 bits per heavy atom. The van der Waals surface area contributed by atoms with E-state index in [0.29, 0.717) is 5.41 Å². The third-order valence-electron chi connectivity index (χ3n) is 3.33. The summed E-state index contributed by atoms with van der Waals surface area (Å²) < 4.78 is 12.9. The maximum absolute atomic E-state index is 12.9. The smallest absolute Gasteiger partial charge is 0.125 e. The zero-order chi connectivity index (χ0) is 8.89. The molecule has 3 rings (SSSR count). The molecule has 0 amide bonds. The lowest BCUT2D eigenvalue weighted by Crippen LogP contribution is -2.21. The first-order valence-corrected chi connectivity index (χ1v) is 4.84. The molecule has 1 fully saturated rings. The van der Waals surface area contributed by atoms with Crippen LogP contribution in [0.2, 0.25) is 0 Å². The van der Waals surface area contributed by atoms with Gasteiger partial charge in [0.2, 0.25) is 0 Å². The molecule has 1 aliphatic heterocycles. The summed E-state index contributed by atoms with van der Waals surface area (Å²) in [5, 5.41) is 3.26. The Bertz CT molecular complexity index is 355. The van der Waals surface area contributed by atoms with Gasteiger partial charge in [-0.25, -0.2) is 4.39 Å². The van der Waals surface area contributed by atoms with Crippen LogP contribution in [0.3, 0.4) is 0 Å². The minimum absolute atomic E-state index is 0.135. The van der Waals surface area contributed by atoms with E-state index in [4.69, 9.17) is 0 Å². The topological polar surface area (TPSA) is 12.0 Å². The Labute approximate surface area is 77.0 Å². The number of hydrogen-bond acceptors (Lipinski definition) is 1. The SMILES string of the molecule is Fc1ccc2c(c1)NCCC21CC1. The maximum Gasteiger partial charge on any atom is 0.125 e. The van der Waals surface area contributed by atoms with E-state index in [1.54, 1.807) is 12.1 Å². The van der Waals surface area contributed by atoms with Crippen molar-refractivity contribution in [2.24, 2.45) is 0 Å². The highest BCUT2D eigenvalue weighted by Crippen LogP contribution is 2.54. The molecule has 1 aromatic carbocycles. The number of fused-ring (bicyclic) bond motifs is 2. The number of halogens is 1. The molecule has 0 saturated heterocycles. The molecule has 68 valence electrons. The van der Waals surface area contributed by atoms with Gasteiger partial charge >= 0.3 is 0 Å². The Kier molecular flexibility index (Phi) is 1.27. The van der Waals surface area contributed by atoms with Crippen molar-refractivity contribution in [2.45, 2.75) is 24.7 Å². The lowest BCUT2D eigenvalue weighted by atomic mass is 9.88. The van der Waals surface area contributed by atoms with Crippen molar-refractivity contribution >= 4 is 5.69 Å². The average molecular weight is 177 g/mol. The average Bonchev–Trinajstić information content (AvgIpc) is 2.86. The summed E-state index contributed by atoms with van der Waals surface area (Å²) in [6.07, 6.45) is 3.78. The van der Waals surface area contributed by atoms with Crippen LogP contribution in [0, 0.1) is 5.82 Å². The summed E-state index contributed by atoms with van der Waals surface area (Å²) in [5.41, 5.74) is 2.78. The molecule has 0 aromatic heterocycles. The second kappa shape index (κ2) is 2.25. The van der Waals surface area contributed by atoms with Gasteiger partial charge in [0.15, 0.2) is 0 Å². The lowest BCUT2D eigenvalue weighted by Gasteiger charge is -2.26. The van der Waals surface area contributed by atoms with Crippen LogP contribution in [0.25, 0.3) is 0 Å². The number of nitrogens with one attached hydrogen (secondary N) is 1. The third-order valence-corrected chi connectivity index (χ3v) is 3.33. The van der Waals surface area contributed by atoms with E-state index in [0.717, 1.165) is 12.2 Å². The Morgan fingerprint density at radius 3 is 2.85 bits per heavy atom. The van der Waals surface area contributed by atoms with Gasteiger partial charge in [0.25, 0.3) is 0 Å². The van der Waals surface area contributed by atoms with Crippen molar-refractivity contribution in [1.29, 1.82) is 0 Å². The van der Waals surface area contributed by atoms with Crippen LogP contribution >= 0.6 is 0 Å². The summed E-state index contributed by atoms with van der Waals surface area (Å²) in [7, 11) is 0. The molecular formula is C11H12FN. The van der Waals surface area contributed by atoms with Crippen molar-refractivity contribution < 1.29 is 4.39 Å². The molecule has 2 heteroatoms. The van der Waals surface area contributed by atoms with Gasteiger partial charge < -0.3 is 5.32 Å². The van der Waals surface area contributed by atoms with Crippen LogP contribution in [0.1, 0.15) is 24.8 Å². The molecule has 2 aliphatic rings. The number of benzene rings is 1. The largest absolute Gasteiger partial charge is 0.385 e. The van der Waals surface area contributed by atoms with E-state index in [1.807, 2.05) is 6.07 Å². The monoisotopic (exact) mass is 177 g/mol. The quantitative estimate of drug-likeness (QED) is 0.642. The van der Waals surface area contributed by atoms with Crippen LogP contribution in [-0.2, 0) is 5.41 Å². The van der Waals surface area contributed by atoms with E-state index >= 15 is 0 Å². The molecule has 0 atom stereocenters. The second-order valence-corrected chi connectivity index (χ2v) is 4.15. The predicted octanol–water partition coefficient (Wildman–Crippen LogP) is 2.67. The zero-order valence-corrected chi connectivity index (χ0v) is 7.44. The molecule has 1 aliphatic carbocycles. The second-order valence-electron chi connectivity index (χ2n) is 4.15. The molecule has 0 bridgehead atoms. The highest BCUT2D eigenvalue weighted by molar-refractivity contribution is 5.59. The molecule has 1 nitrogen and oxygen atoms in total. The third kappa shape index (κ3) is 0.978. The van der Waals surface area contributed by atoms with E-state index in [1.165, 1.54) is 24.8 Å². The van der Waals surface area contributed by atoms with Gasteiger partial charge in [0.05, 0.1) is 0 Å². The summed E-state index contributed by atoms with van der Waals surface area (Å²) in [4.78, 5) is 0. The molecule has 1 N–H and O–H groups in total. The molecule has 1 saturated carbocycles. The van der Waals surface area contributed by atoms with Gasteiger partial charge in [0.1, 0.15) is 5.82 Å². The van der Waals surface area contributed by atoms with E-state index in [9.17, 15) is 4.39 Å². The molecule has 1 spiro atoms. The highest BCUT2D eigenvalue weighted by atomic mass is 19.1. The van der Waals surface area contributed by atoms with Crippen molar-refractivity contribution in [3.8, 4) is 0 Å². The molecule has 0 unspecified atom stereocenters. The van der Waals surface area contributed by atoms with Gasteiger partial charge in [-0.05, 0) is 42.4 Å². The first-order chi connectivity index (χ1) is 6.30. The first kappa shape index (κ1) is 7.36. The van der Waals surface area contributed by atoms with Crippen LogP contribution in [0.15, 0.2) is 18.2 Å². The van der Waals surface area contributed by atoms with Gasteiger partial charge in [-0.3, -0.25) is 0 Å². The summed E-state index contributed by atoms with van der Waals surface area (Å²) in [6, 6.07) is 5.14. The van der Waals surface area contributed by atoms with Crippen molar-refractivity contribution in [1.82, 2.24) is 0 Å². The van der Waals surface area contributed by atoms with E-state index in [-0.39, 0.29) is 5.82 Å². The first-order valence-electron chi connectivity index (χ1n) is 4.84. The minimum Gasteiger partial charge on any atom is -0.385 e. The summed E-state index contributed by atoms with van der Waals surface area (Å²) in [5.74, 6) is -0.135. The van der Waals surface area contributed by atoms with Crippen LogP contribution < -0.4 is 5.32 Å². The molecular weight excluding hydrogens is 165 g/mol. The van der Waals surface area contributed by atoms with E-state index < -0.39 is 0 Å². The summed E-state index contributed by atoms with van der Waals surface area (Å²) >= 11 is 0. The fraction of sp³-hybridized carbons (Fsp3) is 0.455. The Hall–Kier alpha value is -1.05. The fourth-order valence-corrected chi connectivity index (χ4v) is 2.37. The normalized spacial score (nSPS) is 22.2. The lowest BCUT2D eigenvalue weighted by molar-refractivity contribution is 0.603. The maximum atomic E-state index is 12.9. The van der Waals surface area contributed by atoms with Crippen LogP contribution in [0.4, 0.5) is 10.1 Å². The minimum atomic E-state index is -0.135. The molecule has 1 aromatic rings. The Morgan fingerprint density at radius 1 is 1.23 bits per heavy atom. The number of hydrogen-bond donors (Lipinski definition) is 1. The molecule has 0 radical (unpaired) electrons. The molecule has 1 heterocycles. The highest BCUT2D eigenvalue weighted by Gasteiger charge is 2.46.